The maximum absolute atomic E-state index is 11.0. The van der Waals surface area contributed by atoms with E-state index in [4.69, 9.17) is 5.14 Å². The number of nitrogens with one attached hydrogen (secondary N) is 1. The molecule has 0 aromatic heterocycles. The fourth-order valence-corrected chi connectivity index (χ4v) is 2.21. The van der Waals surface area contributed by atoms with E-state index < -0.39 is 20.0 Å². The Balaban J connectivity index is 2.64. The zero-order valence-electron chi connectivity index (χ0n) is 9.25. The zero-order valence-corrected chi connectivity index (χ0v) is 10.9. The third kappa shape index (κ3) is 5.26. The first-order valence-electron chi connectivity index (χ1n) is 4.75. The van der Waals surface area contributed by atoms with Crippen molar-refractivity contribution in [1.82, 2.24) is 4.72 Å². The van der Waals surface area contributed by atoms with Crippen molar-refractivity contribution in [1.29, 1.82) is 0 Å². The van der Waals surface area contributed by atoms with E-state index in [0.29, 0.717) is 6.42 Å². The molecular weight excluding hydrogens is 264 g/mol. The van der Waals surface area contributed by atoms with Gasteiger partial charge < -0.3 is 0 Å². The van der Waals surface area contributed by atoms with Crippen LogP contribution in [0.25, 0.3) is 0 Å². The van der Waals surface area contributed by atoms with Crippen LogP contribution in [0.1, 0.15) is 5.56 Å². The summed E-state index contributed by atoms with van der Waals surface area (Å²) in [6.45, 7) is 0.271. The molecular formula is C9H14N2O4S2. The van der Waals surface area contributed by atoms with Crippen LogP contribution in [0.5, 0.6) is 0 Å². The van der Waals surface area contributed by atoms with Crippen molar-refractivity contribution in [2.24, 2.45) is 5.14 Å². The topological polar surface area (TPSA) is 106 Å². The molecule has 0 saturated heterocycles. The first-order chi connectivity index (χ1) is 7.68. The van der Waals surface area contributed by atoms with Gasteiger partial charge in [0.1, 0.15) is 0 Å². The summed E-state index contributed by atoms with van der Waals surface area (Å²) in [5.41, 5.74) is 0.827. The quantitative estimate of drug-likeness (QED) is 0.752. The van der Waals surface area contributed by atoms with Gasteiger partial charge in [0, 0.05) is 6.54 Å². The minimum absolute atomic E-state index is 0.0392. The summed E-state index contributed by atoms with van der Waals surface area (Å²) in [6, 6.07) is 5.99. The number of rotatable bonds is 5. The van der Waals surface area contributed by atoms with Crippen molar-refractivity contribution in [3.8, 4) is 0 Å². The number of hydrogen-bond donors (Lipinski definition) is 2. The molecule has 1 aromatic rings. The summed E-state index contributed by atoms with van der Waals surface area (Å²) in [5.74, 6) is 0. The van der Waals surface area contributed by atoms with Crippen LogP contribution in [0, 0.1) is 0 Å². The molecule has 0 radical (unpaired) electrons. The summed E-state index contributed by atoms with van der Waals surface area (Å²) < 4.78 is 45.9. The molecule has 0 unspecified atom stereocenters. The highest BCUT2D eigenvalue weighted by Crippen LogP contribution is 2.08. The Hall–Kier alpha value is -0.960. The Kier molecular flexibility index (Phi) is 4.26. The zero-order chi connectivity index (χ0) is 13.1. The van der Waals surface area contributed by atoms with Crippen LogP contribution in [-0.2, 0) is 26.5 Å². The van der Waals surface area contributed by atoms with Crippen LogP contribution in [0.3, 0.4) is 0 Å². The number of hydrogen-bond acceptors (Lipinski definition) is 4. The third-order valence-electron chi connectivity index (χ3n) is 2.03. The molecule has 0 aliphatic carbocycles. The maximum Gasteiger partial charge on any atom is 0.238 e. The fourth-order valence-electron chi connectivity index (χ4n) is 1.23. The molecule has 1 rings (SSSR count). The first kappa shape index (κ1) is 14.1. The predicted molar refractivity (Wildman–Crippen MR) is 64.4 cm³/mol. The van der Waals surface area contributed by atoms with Crippen LogP contribution in [0.2, 0.25) is 0 Å². The number of sulfonamides is 2. The normalized spacial score (nSPS) is 12.6. The smallest absolute Gasteiger partial charge is 0.225 e. The van der Waals surface area contributed by atoms with Crippen LogP contribution >= 0.6 is 0 Å². The summed E-state index contributed by atoms with van der Waals surface area (Å²) in [4.78, 5) is 0.0392. The molecule has 0 fully saturated rings. The van der Waals surface area contributed by atoms with Crippen molar-refractivity contribution in [2.45, 2.75) is 11.3 Å². The van der Waals surface area contributed by atoms with Crippen LogP contribution < -0.4 is 9.86 Å². The number of benzene rings is 1. The van der Waals surface area contributed by atoms with Gasteiger partial charge in [-0.25, -0.2) is 26.7 Å². The van der Waals surface area contributed by atoms with Gasteiger partial charge in [-0.05, 0) is 24.1 Å². The maximum atomic E-state index is 11.0. The van der Waals surface area contributed by atoms with Crippen molar-refractivity contribution in [2.75, 3.05) is 12.8 Å². The van der Waals surface area contributed by atoms with E-state index in [1.165, 1.54) is 12.1 Å². The predicted octanol–water partition coefficient (Wildman–Crippen LogP) is -0.574. The van der Waals surface area contributed by atoms with Gasteiger partial charge in [0.15, 0.2) is 0 Å². The minimum Gasteiger partial charge on any atom is -0.225 e. The van der Waals surface area contributed by atoms with Crippen LogP contribution in [-0.4, -0.2) is 29.6 Å². The molecule has 3 N–H and O–H groups in total. The lowest BCUT2D eigenvalue weighted by atomic mass is 10.2. The van der Waals surface area contributed by atoms with E-state index >= 15 is 0 Å². The summed E-state index contributed by atoms with van der Waals surface area (Å²) >= 11 is 0. The van der Waals surface area contributed by atoms with Gasteiger partial charge in [-0.1, -0.05) is 12.1 Å². The van der Waals surface area contributed by atoms with Crippen LogP contribution in [0.4, 0.5) is 0 Å². The molecule has 6 nitrogen and oxygen atoms in total. The summed E-state index contributed by atoms with van der Waals surface area (Å²) in [7, 11) is -6.87. The van der Waals surface area contributed by atoms with E-state index in [0.717, 1.165) is 11.8 Å². The SMILES string of the molecule is CS(=O)(=O)NCCc1ccc(S(N)(=O)=O)cc1. The van der Waals surface area contributed by atoms with Crippen molar-refractivity contribution >= 4 is 20.0 Å². The average Bonchev–Trinajstić information content (AvgIpc) is 2.15. The number of nitrogens with two attached hydrogens (primary N) is 1. The van der Waals surface area contributed by atoms with Gasteiger partial charge in [-0.15, -0.1) is 0 Å². The monoisotopic (exact) mass is 278 g/mol. The van der Waals surface area contributed by atoms with Crippen molar-refractivity contribution in [3.63, 3.8) is 0 Å². The van der Waals surface area contributed by atoms with Crippen molar-refractivity contribution < 1.29 is 16.8 Å². The molecule has 0 aliphatic heterocycles. The molecule has 0 heterocycles. The van der Waals surface area contributed by atoms with Gasteiger partial charge in [0.05, 0.1) is 11.2 Å². The van der Waals surface area contributed by atoms with E-state index in [1.807, 2.05) is 0 Å². The van der Waals surface area contributed by atoms with Gasteiger partial charge in [-0.3, -0.25) is 0 Å². The molecule has 0 spiro atoms. The largest absolute Gasteiger partial charge is 0.238 e. The van der Waals surface area contributed by atoms with E-state index in [1.54, 1.807) is 12.1 Å². The standard InChI is InChI=1S/C9H14N2O4S2/c1-16(12,13)11-7-6-8-2-4-9(5-3-8)17(10,14)15/h2-5,11H,6-7H2,1H3,(H2,10,14,15). The van der Waals surface area contributed by atoms with Crippen LogP contribution in [0.15, 0.2) is 29.2 Å². The van der Waals surface area contributed by atoms with E-state index in [9.17, 15) is 16.8 Å². The van der Waals surface area contributed by atoms with Crippen molar-refractivity contribution in [3.05, 3.63) is 29.8 Å². The lowest BCUT2D eigenvalue weighted by Crippen LogP contribution is -2.24. The first-order valence-corrected chi connectivity index (χ1v) is 8.19. The Labute approximate surface area is 101 Å². The third-order valence-corrected chi connectivity index (χ3v) is 3.69. The minimum atomic E-state index is -3.67. The fraction of sp³-hybridized carbons (Fsp3) is 0.333. The molecule has 1 aromatic carbocycles. The second-order valence-corrected chi connectivity index (χ2v) is 7.00. The second-order valence-electron chi connectivity index (χ2n) is 3.61. The molecule has 8 heteroatoms. The highest BCUT2D eigenvalue weighted by atomic mass is 32.2. The molecule has 0 bridgehead atoms. The Bertz CT molecular complexity index is 576. The second kappa shape index (κ2) is 5.13. The van der Waals surface area contributed by atoms with E-state index in [-0.39, 0.29) is 11.4 Å². The van der Waals surface area contributed by atoms with Gasteiger partial charge in [0.25, 0.3) is 0 Å². The molecule has 17 heavy (non-hydrogen) atoms. The average molecular weight is 278 g/mol. The van der Waals surface area contributed by atoms with Gasteiger partial charge in [0.2, 0.25) is 20.0 Å². The molecule has 0 atom stereocenters. The molecule has 0 saturated carbocycles. The molecule has 0 aliphatic rings. The summed E-state index contributed by atoms with van der Waals surface area (Å²) in [6.07, 6.45) is 1.56. The number of primary sulfonamides is 1. The Morgan fingerprint density at radius 1 is 1.12 bits per heavy atom. The van der Waals surface area contributed by atoms with Gasteiger partial charge >= 0.3 is 0 Å². The van der Waals surface area contributed by atoms with E-state index in [2.05, 4.69) is 4.72 Å². The summed E-state index contributed by atoms with van der Waals surface area (Å²) in [5, 5.41) is 4.94. The molecule has 96 valence electrons. The highest BCUT2D eigenvalue weighted by molar-refractivity contribution is 7.89. The lowest BCUT2D eigenvalue weighted by molar-refractivity contribution is 0.587. The van der Waals surface area contributed by atoms with Gasteiger partial charge in [-0.2, -0.15) is 0 Å². The highest BCUT2D eigenvalue weighted by Gasteiger charge is 2.06. The Morgan fingerprint density at radius 2 is 1.65 bits per heavy atom. The Morgan fingerprint density at radius 3 is 2.06 bits per heavy atom. The lowest BCUT2D eigenvalue weighted by Gasteiger charge is -2.03. The molecule has 0 amide bonds.